The number of carbonyl (C=O) groups excluding carboxylic acids is 2. The van der Waals surface area contributed by atoms with Gasteiger partial charge in [0.15, 0.2) is 0 Å². The lowest BCUT2D eigenvalue weighted by Crippen LogP contribution is -2.14. The molecular weight excluding hydrogens is 258 g/mol. The molecule has 1 rings (SSSR count). The van der Waals surface area contributed by atoms with Gasteiger partial charge in [-0.1, -0.05) is 11.6 Å². The summed E-state index contributed by atoms with van der Waals surface area (Å²) in [7, 11) is 0. The summed E-state index contributed by atoms with van der Waals surface area (Å²) < 4.78 is 11.5. The molecule has 0 aliphatic heterocycles. The average Bonchev–Trinajstić information content (AvgIpc) is 2.58. The molecule has 0 aromatic carbocycles. The second-order valence-electron chi connectivity index (χ2n) is 3.66. The van der Waals surface area contributed by atoms with Crippen molar-refractivity contribution in [3.05, 3.63) is 23.0 Å². The lowest BCUT2D eigenvalue weighted by atomic mass is 10.3. The van der Waals surface area contributed by atoms with Gasteiger partial charge in [-0.15, -0.1) is 0 Å². The third-order valence-electron chi connectivity index (χ3n) is 2.22. The third kappa shape index (κ3) is 4.79. The van der Waals surface area contributed by atoms with E-state index in [-0.39, 0.29) is 25.0 Å². The number of rotatable bonds is 6. The molecule has 1 aromatic rings. The summed E-state index contributed by atoms with van der Waals surface area (Å²) in [6, 6.07) is 1.70. The highest BCUT2D eigenvalue weighted by Gasteiger charge is 2.10. The van der Waals surface area contributed by atoms with Gasteiger partial charge >= 0.3 is 11.9 Å². The largest absolute Gasteiger partial charge is 0.466 e. The number of hydrogen-bond donors (Lipinski definition) is 0. The molecule has 0 N–H and O–H groups in total. The van der Waals surface area contributed by atoms with Crippen LogP contribution in [0.4, 0.5) is 0 Å². The minimum absolute atomic E-state index is 0.153. The van der Waals surface area contributed by atoms with Gasteiger partial charge in [0.2, 0.25) is 0 Å². The van der Waals surface area contributed by atoms with E-state index in [1.54, 1.807) is 23.8 Å². The molecule has 0 bridgehead atoms. The third-order valence-corrected chi connectivity index (χ3v) is 2.43. The van der Waals surface area contributed by atoms with Crippen LogP contribution in [-0.4, -0.2) is 29.7 Å². The van der Waals surface area contributed by atoms with Crippen molar-refractivity contribution in [1.82, 2.24) is 4.57 Å². The number of esters is 2. The van der Waals surface area contributed by atoms with Crippen LogP contribution in [0, 0.1) is 0 Å². The molecule has 100 valence electrons. The predicted molar refractivity (Wildman–Crippen MR) is 66.4 cm³/mol. The fraction of sp³-hybridized carbons (Fsp3) is 0.500. The second kappa shape index (κ2) is 7.06. The topological polar surface area (TPSA) is 57.5 Å². The van der Waals surface area contributed by atoms with Crippen molar-refractivity contribution in [1.29, 1.82) is 0 Å². The van der Waals surface area contributed by atoms with Crippen LogP contribution in [-0.2, 0) is 32.0 Å². The molecule has 6 heteroatoms. The van der Waals surface area contributed by atoms with E-state index in [1.807, 2.05) is 0 Å². The normalized spacial score (nSPS) is 10.2. The number of halogens is 1. The van der Waals surface area contributed by atoms with E-state index in [2.05, 4.69) is 0 Å². The second-order valence-corrected chi connectivity index (χ2v) is 4.10. The first kappa shape index (κ1) is 14.6. The van der Waals surface area contributed by atoms with Crippen LogP contribution < -0.4 is 0 Å². The molecule has 1 heterocycles. The molecule has 0 aliphatic carbocycles. The Labute approximate surface area is 111 Å². The van der Waals surface area contributed by atoms with Gasteiger partial charge in [-0.2, -0.15) is 0 Å². The Morgan fingerprint density at radius 1 is 1.39 bits per heavy atom. The van der Waals surface area contributed by atoms with Gasteiger partial charge in [0.05, 0.1) is 24.6 Å². The van der Waals surface area contributed by atoms with Crippen molar-refractivity contribution in [2.75, 3.05) is 13.2 Å². The zero-order valence-corrected chi connectivity index (χ0v) is 11.2. The molecule has 0 atom stereocenters. The van der Waals surface area contributed by atoms with Gasteiger partial charge in [-0.05, 0) is 13.0 Å². The minimum Gasteiger partial charge on any atom is -0.466 e. The van der Waals surface area contributed by atoms with Gasteiger partial charge in [-0.3, -0.25) is 9.59 Å². The van der Waals surface area contributed by atoms with E-state index in [1.165, 1.54) is 6.92 Å². The molecule has 0 spiro atoms. The lowest BCUT2D eigenvalue weighted by Gasteiger charge is -2.08. The number of carbonyl (C=O) groups is 2. The summed E-state index contributed by atoms with van der Waals surface area (Å²) in [5.74, 6) is -0.638. The van der Waals surface area contributed by atoms with Crippen molar-refractivity contribution in [2.45, 2.75) is 26.8 Å². The molecule has 1 aromatic heterocycles. The Hall–Kier alpha value is -1.49. The van der Waals surface area contributed by atoms with E-state index < -0.39 is 0 Å². The summed E-state index contributed by atoms with van der Waals surface area (Å²) in [5, 5.41) is 0.539. The van der Waals surface area contributed by atoms with Crippen LogP contribution in [0.3, 0.4) is 0 Å². The highest BCUT2D eigenvalue weighted by molar-refractivity contribution is 6.30. The van der Waals surface area contributed by atoms with Crippen LogP contribution in [0.1, 0.15) is 19.5 Å². The zero-order valence-electron chi connectivity index (χ0n) is 10.4. The van der Waals surface area contributed by atoms with E-state index in [0.717, 1.165) is 5.69 Å². The maximum atomic E-state index is 11.4. The highest BCUT2D eigenvalue weighted by Crippen LogP contribution is 2.15. The van der Waals surface area contributed by atoms with Crippen molar-refractivity contribution in [3.8, 4) is 0 Å². The van der Waals surface area contributed by atoms with Gasteiger partial charge in [-0.25, -0.2) is 0 Å². The van der Waals surface area contributed by atoms with E-state index >= 15 is 0 Å². The minimum atomic E-state index is -0.333. The predicted octanol–water partition coefficient (Wildman–Crippen LogP) is 1.81. The van der Waals surface area contributed by atoms with E-state index in [9.17, 15) is 9.59 Å². The summed E-state index contributed by atoms with van der Waals surface area (Å²) in [6.45, 7) is 4.16. The fourth-order valence-electron chi connectivity index (χ4n) is 1.52. The molecule has 0 fully saturated rings. The van der Waals surface area contributed by atoms with Gasteiger partial charge in [0, 0.05) is 18.8 Å². The van der Waals surface area contributed by atoms with Crippen molar-refractivity contribution in [2.24, 2.45) is 0 Å². The molecule has 0 amide bonds. The summed E-state index contributed by atoms with van der Waals surface area (Å²) in [5.41, 5.74) is 0.741. The summed E-state index contributed by atoms with van der Waals surface area (Å²) in [6.07, 6.45) is 1.85. The molecule has 5 nitrogen and oxygen atoms in total. The number of hydrogen-bond acceptors (Lipinski definition) is 4. The molecule has 0 aliphatic rings. The van der Waals surface area contributed by atoms with E-state index in [0.29, 0.717) is 18.2 Å². The molecule has 18 heavy (non-hydrogen) atoms. The van der Waals surface area contributed by atoms with Crippen LogP contribution in [0.2, 0.25) is 5.02 Å². The maximum Gasteiger partial charge on any atom is 0.311 e. The zero-order chi connectivity index (χ0) is 13.5. The van der Waals surface area contributed by atoms with Crippen LogP contribution in [0.5, 0.6) is 0 Å². The molecule has 0 radical (unpaired) electrons. The lowest BCUT2D eigenvalue weighted by molar-refractivity contribution is -0.143. The van der Waals surface area contributed by atoms with Crippen LogP contribution in [0.15, 0.2) is 12.3 Å². The van der Waals surface area contributed by atoms with Gasteiger partial charge < -0.3 is 14.0 Å². The quantitative estimate of drug-likeness (QED) is 0.742. The van der Waals surface area contributed by atoms with Gasteiger partial charge in [0.25, 0.3) is 0 Å². The molecular formula is C12H16ClNO4. The molecule has 0 saturated carbocycles. The first-order valence-electron chi connectivity index (χ1n) is 5.66. The van der Waals surface area contributed by atoms with Crippen molar-refractivity contribution in [3.63, 3.8) is 0 Å². The Morgan fingerprint density at radius 3 is 2.72 bits per heavy atom. The summed E-state index contributed by atoms with van der Waals surface area (Å²) in [4.78, 5) is 22.0. The monoisotopic (exact) mass is 273 g/mol. The Bertz CT molecular complexity index is 428. The first-order valence-corrected chi connectivity index (χ1v) is 6.04. The number of aromatic nitrogens is 1. The molecule has 0 saturated heterocycles. The molecule has 0 unspecified atom stereocenters. The van der Waals surface area contributed by atoms with E-state index in [4.69, 9.17) is 21.1 Å². The average molecular weight is 274 g/mol. The highest BCUT2D eigenvalue weighted by atomic mass is 35.5. The van der Waals surface area contributed by atoms with Crippen molar-refractivity contribution < 1.29 is 19.1 Å². The first-order chi connectivity index (χ1) is 8.52. The summed E-state index contributed by atoms with van der Waals surface area (Å²) >= 11 is 5.89. The Balaban J connectivity index is 2.61. The standard InChI is InChI=1S/C12H16ClNO4/c1-3-17-12(16)7-11-6-10(13)8-14(11)4-5-18-9(2)15/h6,8H,3-5,7H2,1-2H3. The number of ether oxygens (including phenoxy) is 2. The Morgan fingerprint density at radius 2 is 2.11 bits per heavy atom. The SMILES string of the molecule is CCOC(=O)Cc1cc(Cl)cn1CCOC(C)=O. The van der Waals surface area contributed by atoms with Crippen molar-refractivity contribution >= 4 is 23.5 Å². The number of nitrogens with zero attached hydrogens (tertiary/aromatic N) is 1. The smallest absolute Gasteiger partial charge is 0.311 e. The van der Waals surface area contributed by atoms with Crippen LogP contribution in [0.25, 0.3) is 0 Å². The van der Waals surface area contributed by atoms with Crippen LogP contribution >= 0.6 is 11.6 Å². The fourth-order valence-corrected chi connectivity index (χ4v) is 1.76. The Kier molecular flexibility index (Phi) is 5.71. The maximum absolute atomic E-state index is 11.4. The van der Waals surface area contributed by atoms with Gasteiger partial charge in [0.1, 0.15) is 6.61 Å².